The lowest BCUT2D eigenvalue weighted by atomic mass is 9.45. The van der Waals surface area contributed by atoms with Crippen molar-refractivity contribution in [3.05, 3.63) is 11.1 Å². The number of allylic oxidation sites excluding steroid dienone is 1. The Hall–Kier alpha value is -2.24. The van der Waals surface area contributed by atoms with Gasteiger partial charge in [-0.2, -0.15) is 0 Å². The molecule has 2 heterocycles. The molecule has 2 saturated heterocycles. The minimum Gasteiger partial charge on any atom is -0.454 e. The highest BCUT2D eigenvalue weighted by Crippen LogP contribution is 2.67. The van der Waals surface area contributed by atoms with Gasteiger partial charge in [-0.05, 0) is 50.4 Å². The van der Waals surface area contributed by atoms with Gasteiger partial charge >= 0.3 is 18.1 Å². The predicted octanol–water partition coefficient (Wildman–Crippen LogP) is 5.03. The molecule has 8 atom stereocenters. The van der Waals surface area contributed by atoms with Crippen LogP contribution in [-0.4, -0.2) is 74.4 Å². The van der Waals surface area contributed by atoms with Crippen LogP contribution in [0.15, 0.2) is 11.1 Å². The number of ether oxygens (including phenoxy) is 5. The zero-order valence-electron chi connectivity index (χ0n) is 26.4. The Bertz CT molecular complexity index is 1210. The zero-order chi connectivity index (χ0) is 31.0. The molecule has 5 aliphatic rings. The van der Waals surface area contributed by atoms with Crippen molar-refractivity contribution in [3.63, 3.8) is 0 Å². The SMILES string of the molecule is CC[Si](CC)(CC)O[C@H]1C[C@H]2OC[C@@]2(OC(C)=O)[C@H]2[C@@H]3OC(=O)O[C@]34CCC(C)=C([C@@H](OC(C)=O)C(=O)[C@]12C)C4(C)C. The molecule has 42 heavy (non-hydrogen) atoms. The monoisotopic (exact) mass is 606 g/mol. The van der Waals surface area contributed by atoms with Crippen molar-refractivity contribution in [1.29, 1.82) is 0 Å². The summed E-state index contributed by atoms with van der Waals surface area (Å²) in [6.07, 6.45) is -2.99. The molecule has 0 radical (unpaired) electrons. The molecule has 0 N–H and O–H groups in total. The Morgan fingerprint density at radius 3 is 2.19 bits per heavy atom. The number of carbonyl (C=O) groups excluding carboxylic acids is 4. The molecule has 0 unspecified atom stereocenters. The summed E-state index contributed by atoms with van der Waals surface area (Å²) in [5.74, 6) is -2.32. The van der Waals surface area contributed by atoms with E-state index in [1.54, 1.807) is 0 Å². The summed E-state index contributed by atoms with van der Waals surface area (Å²) < 4.78 is 37.7. The van der Waals surface area contributed by atoms with Crippen LogP contribution in [0, 0.1) is 16.7 Å². The van der Waals surface area contributed by atoms with Gasteiger partial charge in [-0.15, -0.1) is 0 Å². The van der Waals surface area contributed by atoms with Crippen LogP contribution in [0.4, 0.5) is 4.79 Å². The van der Waals surface area contributed by atoms with Crippen LogP contribution in [0.1, 0.15) is 81.6 Å². The molecule has 1 spiro atoms. The second-order valence-corrected chi connectivity index (χ2v) is 18.4. The van der Waals surface area contributed by atoms with Crippen LogP contribution in [0.2, 0.25) is 18.1 Å². The third-order valence-corrected chi connectivity index (χ3v) is 16.3. The number of carbonyl (C=O) groups is 4. The summed E-state index contributed by atoms with van der Waals surface area (Å²) in [7, 11) is -2.32. The number of ketones is 1. The first-order valence-electron chi connectivity index (χ1n) is 15.4. The standard InChI is InChI=1S/C31H46O10Si/c1-10-42(11-2,12-3)41-20-15-21-30(16-36-21,39-19(6)33)24-26-31(40-27(35)38-26)14-13-17(4)22(28(31,7)8)23(37-18(5)32)25(34)29(20,24)9/h20-21,23-24,26H,10-16H2,1-9H3/t20-,21+,23+,24-,26-,29+,30-,31+/m0/s1. The van der Waals surface area contributed by atoms with E-state index in [-0.39, 0.29) is 12.4 Å². The van der Waals surface area contributed by atoms with E-state index in [0.717, 1.165) is 23.7 Å². The Kier molecular flexibility index (Phi) is 7.54. The van der Waals surface area contributed by atoms with Crippen molar-refractivity contribution in [3.8, 4) is 0 Å². The van der Waals surface area contributed by atoms with Crippen molar-refractivity contribution >= 4 is 32.2 Å². The Balaban J connectivity index is 1.84. The van der Waals surface area contributed by atoms with E-state index in [2.05, 4.69) is 20.8 Å². The van der Waals surface area contributed by atoms with Gasteiger partial charge in [0.2, 0.25) is 0 Å². The molecule has 0 aromatic heterocycles. The normalized spacial score (nSPS) is 40.3. The van der Waals surface area contributed by atoms with Gasteiger partial charge in [0.05, 0.1) is 24.0 Å². The molecule has 11 heteroatoms. The smallest absolute Gasteiger partial charge is 0.454 e. The highest BCUT2D eigenvalue weighted by molar-refractivity contribution is 6.73. The van der Waals surface area contributed by atoms with Crippen molar-refractivity contribution < 1.29 is 47.3 Å². The third-order valence-electron chi connectivity index (χ3n) is 11.6. The van der Waals surface area contributed by atoms with E-state index in [9.17, 15) is 14.4 Å². The van der Waals surface area contributed by atoms with E-state index >= 15 is 4.79 Å². The van der Waals surface area contributed by atoms with Gasteiger partial charge in [-0.3, -0.25) is 14.4 Å². The summed E-state index contributed by atoms with van der Waals surface area (Å²) in [5.41, 5.74) is -3.27. The molecular formula is C31H46O10Si. The Labute approximate surface area is 249 Å². The summed E-state index contributed by atoms with van der Waals surface area (Å²) >= 11 is 0. The van der Waals surface area contributed by atoms with Gasteiger partial charge in [0.1, 0.15) is 6.10 Å². The fraction of sp³-hybridized carbons (Fsp3) is 0.806. The van der Waals surface area contributed by atoms with Gasteiger partial charge < -0.3 is 28.1 Å². The number of hydrogen-bond donors (Lipinski definition) is 0. The number of esters is 2. The second kappa shape index (κ2) is 10.2. The van der Waals surface area contributed by atoms with Crippen molar-refractivity contribution in [1.82, 2.24) is 0 Å². The summed E-state index contributed by atoms with van der Waals surface area (Å²) in [4.78, 5) is 53.9. The zero-order valence-corrected chi connectivity index (χ0v) is 27.4. The third kappa shape index (κ3) is 4.01. The van der Waals surface area contributed by atoms with Gasteiger partial charge in [0.15, 0.2) is 37.5 Å². The fourth-order valence-corrected chi connectivity index (χ4v) is 12.1. The molecule has 0 amide bonds. The lowest BCUT2D eigenvalue weighted by Gasteiger charge is -2.67. The minimum atomic E-state index is -2.32. The molecule has 10 nitrogen and oxygen atoms in total. The topological polar surface area (TPSA) is 124 Å². The maximum Gasteiger partial charge on any atom is 0.509 e. The first-order chi connectivity index (χ1) is 19.6. The van der Waals surface area contributed by atoms with Crippen LogP contribution >= 0.6 is 0 Å². The van der Waals surface area contributed by atoms with Crippen LogP contribution in [0.25, 0.3) is 0 Å². The number of rotatable bonds is 7. The minimum absolute atomic E-state index is 0.0416. The van der Waals surface area contributed by atoms with Gasteiger partial charge in [0, 0.05) is 25.7 Å². The van der Waals surface area contributed by atoms with E-state index in [1.165, 1.54) is 13.8 Å². The van der Waals surface area contributed by atoms with E-state index < -0.39 is 78.8 Å². The maximum atomic E-state index is 15.3. The van der Waals surface area contributed by atoms with E-state index in [1.807, 2.05) is 27.7 Å². The quantitative estimate of drug-likeness (QED) is 0.169. The Morgan fingerprint density at radius 2 is 1.67 bits per heavy atom. The molecular weight excluding hydrogens is 560 g/mol. The first-order valence-corrected chi connectivity index (χ1v) is 17.9. The molecule has 0 aromatic rings. The maximum absolute atomic E-state index is 15.3. The van der Waals surface area contributed by atoms with E-state index in [4.69, 9.17) is 28.1 Å². The molecule has 2 saturated carbocycles. The number of hydrogen-bond acceptors (Lipinski definition) is 10. The van der Waals surface area contributed by atoms with Gasteiger partial charge in [-0.25, -0.2) is 4.79 Å². The Morgan fingerprint density at radius 1 is 1.02 bits per heavy atom. The van der Waals surface area contributed by atoms with Crippen LogP contribution < -0.4 is 0 Å². The van der Waals surface area contributed by atoms with Gasteiger partial charge in [-0.1, -0.05) is 40.2 Å². The van der Waals surface area contributed by atoms with Crippen molar-refractivity contribution in [2.75, 3.05) is 6.61 Å². The van der Waals surface area contributed by atoms with Crippen LogP contribution in [-0.2, 0) is 42.5 Å². The summed E-state index contributed by atoms with van der Waals surface area (Å²) in [6, 6.07) is 2.55. The fourth-order valence-electron chi connectivity index (χ4n) is 9.12. The summed E-state index contributed by atoms with van der Waals surface area (Å²) in [6.45, 7) is 16.6. The average Bonchev–Trinajstić information content (AvgIpc) is 3.24. The molecule has 5 rings (SSSR count). The lowest BCUT2D eigenvalue weighted by molar-refractivity contribution is -0.335. The number of fused-ring (bicyclic) bond motifs is 5. The molecule has 3 aliphatic carbocycles. The lowest BCUT2D eigenvalue weighted by Crippen LogP contribution is -2.81. The molecule has 2 bridgehead atoms. The highest BCUT2D eigenvalue weighted by atomic mass is 28.4. The summed E-state index contributed by atoms with van der Waals surface area (Å²) in [5, 5.41) is 0. The molecule has 234 valence electrons. The van der Waals surface area contributed by atoms with Gasteiger partial charge in [0.25, 0.3) is 0 Å². The molecule has 2 aliphatic heterocycles. The first kappa shape index (κ1) is 31.2. The molecule has 0 aromatic carbocycles. The van der Waals surface area contributed by atoms with Crippen LogP contribution in [0.3, 0.4) is 0 Å². The predicted molar refractivity (Wildman–Crippen MR) is 153 cm³/mol. The molecule has 4 fully saturated rings. The largest absolute Gasteiger partial charge is 0.509 e. The number of Topliss-reactive ketones (excluding diaryl/α,β-unsaturated/α-hetero) is 1. The van der Waals surface area contributed by atoms with Crippen molar-refractivity contribution in [2.24, 2.45) is 16.7 Å². The second-order valence-electron chi connectivity index (χ2n) is 13.6. The van der Waals surface area contributed by atoms with Crippen molar-refractivity contribution in [2.45, 2.75) is 135 Å². The average molecular weight is 607 g/mol. The van der Waals surface area contributed by atoms with E-state index in [0.29, 0.717) is 24.8 Å². The van der Waals surface area contributed by atoms with Crippen LogP contribution in [0.5, 0.6) is 0 Å². The highest BCUT2D eigenvalue weighted by Gasteiger charge is 2.80.